The monoisotopic (exact) mass is 255 g/mol. The quantitative estimate of drug-likeness (QED) is 0.323. The van der Waals surface area contributed by atoms with E-state index < -0.39 is 4.92 Å². The molecule has 1 rings (SSSR count). The van der Waals surface area contributed by atoms with Crippen LogP contribution in [0.4, 0.5) is 5.69 Å². The summed E-state index contributed by atoms with van der Waals surface area (Å²) in [5.74, 6) is 0.941. The van der Waals surface area contributed by atoms with Gasteiger partial charge in [-0.15, -0.1) is 0 Å². The molecule has 0 amide bonds. The Kier molecular flexibility index (Phi) is 5.65. The maximum absolute atomic E-state index is 11.7. The molecule has 0 saturated heterocycles. The number of methoxy groups -OCH3 is 1. The van der Waals surface area contributed by atoms with Crippen LogP contribution >= 0.6 is 11.8 Å². The number of Topliss-reactive ketones (excluding diaryl/α,β-unsaturated/α-hetero) is 1. The van der Waals surface area contributed by atoms with Crippen molar-refractivity contribution in [3.8, 4) is 0 Å². The molecule has 0 aliphatic carbocycles. The summed E-state index contributed by atoms with van der Waals surface area (Å²) in [4.78, 5) is 21.7. The number of hydrogen-bond acceptors (Lipinski definition) is 5. The van der Waals surface area contributed by atoms with Gasteiger partial charge in [-0.05, 0) is 0 Å². The van der Waals surface area contributed by atoms with Crippen molar-refractivity contribution in [3.05, 3.63) is 39.9 Å². The number of benzene rings is 1. The molecule has 0 spiro atoms. The second-order valence-electron chi connectivity index (χ2n) is 3.28. The highest BCUT2D eigenvalue weighted by Crippen LogP contribution is 2.15. The molecule has 0 radical (unpaired) electrons. The standard InChI is InChI=1S/C11H13NO4S/c1-16-5-6-17-8-11(13)9-3-2-4-10(7-9)12(14)15/h2-4,7H,5-6,8H2,1H3. The molecule has 17 heavy (non-hydrogen) atoms. The summed E-state index contributed by atoms with van der Waals surface area (Å²) < 4.78 is 4.86. The second kappa shape index (κ2) is 7.03. The van der Waals surface area contributed by atoms with Crippen LogP contribution in [-0.4, -0.2) is 35.9 Å². The summed E-state index contributed by atoms with van der Waals surface area (Å²) in [6.45, 7) is 0.590. The summed E-state index contributed by atoms with van der Waals surface area (Å²) in [6, 6.07) is 5.78. The van der Waals surface area contributed by atoms with E-state index in [1.54, 1.807) is 13.2 Å². The third-order valence-electron chi connectivity index (χ3n) is 2.04. The van der Waals surface area contributed by atoms with E-state index in [0.717, 1.165) is 5.75 Å². The van der Waals surface area contributed by atoms with Gasteiger partial charge in [-0.25, -0.2) is 0 Å². The molecule has 0 atom stereocenters. The summed E-state index contributed by atoms with van der Waals surface area (Å²) in [5.41, 5.74) is 0.321. The number of thioether (sulfide) groups is 1. The number of ketones is 1. The Morgan fingerprint density at radius 3 is 2.94 bits per heavy atom. The fourth-order valence-corrected chi connectivity index (χ4v) is 1.96. The summed E-state index contributed by atoms with van der Waals surface area (Å²) in [6.07, 6.45) is 0. The van der Waals surface area contributed by atoms with Crippen LogP contribution < -0.4 is 0 Å². The number of nitro groups is 1. The van der Waals surface area contributed by atoms with Gasteiger partial charge in [-0.2, -0.15) is 11.8 Å². The zero-order valence-electron chi connectivity index (χ0n) is 9.42. The number of non-ortho nitro benzene ring substituents is 1. The Morgan fingerprint density at radius 1 is 1.53 bits per heavy atom. The molecule has 0 fully saturated rings. The molecule has 0 aliphatic heterocycles. The first kappa shape index (κ1) is 13.7. The fourth-order valence-electron chi connectivity index (χ4n) is 1.18. The van der Waals surface area contributed by atoms with E-state index in [4.69, 9.17) is 4.74 Å². The summed E-state index contributed by atoms with van der Waals surface area (Å²) in [7, 11) is 1.60. The molecule has 0 aliphatic rings. The van der Waals surface area contributed by atoms with Gasteiger partial charge in [-0.3, -0.25) is 14.9 Å². The highest BCUT2D eigenvalue weighted by molar-refractivity contribution is 8.00. The normalized spacial score (nSPS) is 10.2. The molecule has 92 valence electrons. The maximum Gasteiger partial charge on any atom is 0.270 e. The van der Waals surface area contributed by atoms with Gasteiger partial charge in [0, 0.05) is 30.6 Å². The SMILES string of the molecule is COCCSCC(=O)c1cccc([N+](=O)[O-])c1. The predicted molar refractivity (Wildman–Crippen MR) is 66.6 cm³/mol. The number of nitro benzene ring substituents is 1. The van der Waals surface area contributed by atoms with Gasteiger partial charge in [0.1, 0.15) is 0 Å². The smallest absolute Gasteiger partial charge is 0.270 e. The zero-order valence-corrected chi connectivity index (χ0v) is 10.2. The Balaban J connectivity index is 2.56. The minimum Gasteiger partial charge on any atom is -0.384 e. The number of ether oxygens (including phenoxy) is 1. The third-order valence-corrected chi connectivity index (χ3v) is 2.97. The Morgan fingerprint density at radius 2 is 2.29 bits per heavy atom. The van der Waals surface area contributed by atoms with Gasteiger partial charge in [0.2, 0.25) is 0 Å². The average molecular weight is 255 g/mol. The number of carbonyl (C=O) groups is 1. The maximum atomic E-state index is 11.7. The second-order valence-corrected chi connectivity index (χ2v) is 4.38. The zero-order chi connectivity index (χ0) is 12.7. The van der Waals surface area contributed by atoms with Crippen LogP contribution in [0, 0.1) is 10.1 Å². The molecule has 5 nitrogen and oxygen atoms in total. The first-order chi connectivity index (χ1) is 8.15. The van der Waals surface area contributed by atoms with E-state index >= 15 is 0 Å². The first-order valence-electron chi connectivity index (χ1n) is 4.99. The molecule has 1 aromatic carbocycles. The molecule has 6 heteroatoms. The fraction of sp³-hybridized carbons (Fsp3) is 0.364. The highest BCUT2D eigenvalue weighted by Gasteiger charge is 2.11. The molecule has 1 aromatic rings. The predicted octanol–water partition coefficient (Wildman–Crippen LogP) is 2.16. The number of carbonyl (C=O) groups excluding carboxylic acids is 1. The Bertz CT molecular complexity index is 408. The largest absolute Gasteiger partial charge is 0.384 e. The molecule has 0 saturated carbocycles. The summed E-state index contributed by atoms with van der Waals surface area (Å²) >= 11 is 1.45. The van der Waals surface area contributed by atoms with Crippen LogP contribution in [-0.2, 0) is 4.74 Å². The lowest BCUT2D eigenvalue weighted by molar-refractivity contribution is -0.384. The Labute approximate surface area is 103 Å². The van der Waals surface area contributed by atoms with Crippen LogP contribution in [0.5, 0.6) is 0 Å². The van der Waals surface area contributed by atoms with Crippen molar-refractivity contribution in [1.29, 1.82) is 0 Å². The van der Waals surface area contributed by atoms with Crippen molar-refractivity contribution < 1.29 is 14.5 Å². The minimum absolute atomic E-state index is 0.0576. The van der Waals surface area contributed by atoms with Gasteiger partial charge in [0.05, 0.1) is 17.3 Å². The van der Waals surface area contributed by atoms with Gasteiger partial charge in [0.25, 0.3) is 5.69 Å². The van der Waals surface area contributed by atoms with E-state index in [1.807, 2.05) is 0 Å². The van der Waals surface area contributed by atoms with E-state index in [0.29, 0.717) is 17.9 Å². The molecule has 0 unspecified atom stereocenters. The van der Waals surface area contributed by atoms with Crippen LogP contribution in [0.1, 0.15) is 10.4 Å². The van der Waals surface area contributed by atoms with Crippen LogP contribution in [0.15, 0.2) is 24.3 Å². The van der Waals surface area contributed by atoms with Crippen LogP contribution in [0.3, 0.4) is 0 Å². The molecule has 0 N–H and O–H groups in total. The minimum atomic E-state index is -0.505. The van der Waals surface area contributed by atoms with Crippen molar-refractivity contribution in [1.82, 2.24) is 0 Å². The van der Waals surface area contributed by atoms with Gasteiger partial charge >= 0.3 is 0 Å². The van der Waals surface area contributed by atoms with E-state index in [2.05, 4.69) is 0 Å². The highest BCUT2D eigenvalue weighted by atomic mass is 32.2. The lowest BCUT2D eigenvalue weighted by Crippen LogP contribution is -2.05. The van der Waals surface area contributed by atoms with Crippen molar-refractivity contribution in [2.75, 3.05) is 25.2 Å². The number of hydrogen-bond donors (Lipinski definition) is 0. The van der Waals surface area contributed by atoms with Crippen molar-refractivity contribution in [2.24, 2.45) is 0 Å². The molecular weight excluding hydrogens is 242 g/mol. The Hall–Kier alpha value is -1.40. The number of rotatable bonds is 7. The third kappa shape index (κ3) is 4.54. The first-order valence-corrected chi connectivity index (χ1v) is 6.15. The molecular formula is C11H13NO4S. The van der Waals surface area contributed by atoms with Gasteiger partial charge in [0.15, 0.2) is 5.78 Å². The van der Waals surface area contributed by atoms with E-state index in [-0.39, 0.29) is 11.5 Å². The lowest BCUT2D eigenvalue weighted by Gasteiger charge is -2.01. The average Bonchev–Trinajstić information content (AvgIpc) is 2.34. The lowest BCUT2D eigenvalue weighted by atomic mass is 10.1. The van der Waals surface area contributed by atoms with Crippen molar-refractivity contribution in [3.63, 3.8) is 0 Å². The van der Waals surface area contributed by atoms with Gasteiger partial charge < -0.3 is 4.74 Å². The van der Waals surface area contributed by atoms with E-state index in [9.17, 15) is 14.9 Å². The molecule has 0 heterocycles. The van der Waals surface area contributed by atoms with Crippen LogP contribution in [0.2, 0.25) is 0 Å². The molecule has 0 bridgehead atoms. The van der Waals surface area contributed by atoms with E-state index in [1.165, 1.54) is 30.0 Å². The topological polar surface area (TPSA) is 69.4 Å². The van der Waals surface area contributed by atoms with Crippen molar-refractivity contribution >= 4 is 23.2 Å². The van der Waals surface area contributed by atoms with Gasteiger partial charge in [-0.1, -0.05) is 12.1 Å². The summed E-state index contributed by atoms with van der Waals surface area (Å²) in [5, 5.41) is 10.5. The molecule has 0 aromatic heterocycles. The van der Waals surface area contributed by atoms with Crippen molar-refractivity contribution in [2.45, 2.75) is 0 Å². The van der Waals surface area contributed by atoms with Crippen LogP contribution in [0.25, 0.3) is 0 Å². The number of nitrogens with zero attached hydrogens (tertiary/aromatic N) is 1.